The minimum Gasteiger partial charge on any atom is -0.321 e. The third kappa shape index (κ3) is 3.72. The van der Waals surface area contributed by atoms with Crippen LogP contribution in [0.3, 0.4) is 0 Å². The highest BCUT2D eigenvalue weighted by Crippen LogP contribution is 2.31. The number of para-hydroxylation sites is 1. The number of carbonyl (C=O) groups excluding carboxylic acids is 1. The molecule has 1 heterocycles. The van der Waals surface area contributed by atoms with Gasteiger partial charge in [-0.15, -0.1) is 0 Å². The lowest BCUT2D eigenvalue weighted by atomic mass is 10.0. The van der Waals surface area contributed by atoms with Gasteiger partial charge in [-0.2, -0.15) is 5.10 Å². The number of hydrogen-bond acceptors (Lipinski definition) is 2. The maximum atomic E-state index is 13.7. The first kappa shape index (κ1) is 18.0. The second kappa shape index (κ2) is 7.21. The summed E-state index contributed by atoms with van der Waals surface area (Å²) < 4.78 is 40.9. The molecule has 8 heteroatoms. The van der Waals surface area contributed by atoms with Crippen molar-refractivity contribution >= 4 is 23.2 Å². The van der Waals surface area contributed by atoms with Crippen LogP contribution in [0.5, 0.6) is 0 Å². The molecule has 0 spiro atoms. The summed E-state index contributed by atoms with van der Waals surface area (Å²) in [5.41, 5.74) is 0.463. The zero-order valence-corrected chi connectivity index (χ0v) is 14.3. The predicted octanol–water partition coefficient (Wildman–Crippen LogP) is 5.07. The smallest absolute Gasteiger partial charge is 0.282 e. The summed E-state index contributed by atoms with van der Waals surface area (Å²) in [6.45, 7) is 0. The third-order valence-electron chi connectivity index (χ3n) is 3.66. The number of rotatable bonds is 4. The van der Waals surface area contributed by atoms with Crippen molar-refractivity contribution in [3.05, 3.63) is 70.8 Å². The first-order chi connectivity index (χ1) is 12.3. The molecule has 1 aromatic heterocycles. The Morgan fingerprint density at radius 3 is 2.65 bits per heavy atom. The van der Waals surface area contributed by atoms with Gasteiger partial charge < -0.3 is 5.32 Å². The maximum Gasteiger partial charge on any atom is 0.282 e. The molecule has 0 aliphatic carbocycles. The molecular weight excluding hydrogens is 367 g/mol. The minimum absolute atomic E-state index is 0.202. The van der Waals surface area contributed by atoms with E-state index >= 15 is 0 Å². The maximum absolute atomic E-state index is 13.7. The molecule has 2 aromatic carbocycles. The molecule has 0 unspecified atom stereocenters. The Morgan fingerprint density at radius 1 is 1.23 bits per heavy atom. The molecule has 0 bridgehead atoms. The quantitative estimate of drug-likeness (QED) is 0.688. The van der Waals surface area contributed by atoms with E-state index in [0.717, 1.165) is 10.7 Å². The number of aromatic nitrogens is 2. The van der Waals surface area contributed by atoms with Gasteiger partial charge in [0.05, 0.1) is 5.56 Å². The van der Waals surface area contributed by atoms with E-state index < -0.39 is 23.8 Å². The number of benzene rings is 2. The second-order valence-corrected chi connectivity index (χ2v) is 6.00. The molecule has 0 aliphatic heterocycles. The molecule has 134 valence electrons. The monoisotopic (exact) mass is 379 g/mol. The first-order valence-corrected chi connectivity index (χ1v) is 7.91. The molecule has 0 atom stereocenters. The van der Waals surface area contributed by atoms with Crippen LogP contribution < -0.4 is 5.32 Å². The number of hydrogen-bond donors (Lipinski definition) is 1. The van der Waals surface area contributed by atoms with Crippen LogP contribution in [0.4, 0.5) is 18.9 Å². The summed E-state index contributed by atoms with van der Waals surface area (Å²) in [6, 6.07) is 10.6. The highest BCUT2D eigenvalue weighted by Gasteiger charge is 2.23. The average molecular weight is 380 g/mol. The van der Waals surface area contributed by atoms with E-state index in [2.05, 4.69) is 10.4 Å². The van der Waals surface area contributed by atoms with E-state index in [1.807, 2.05) is 0 Å². The summed E-state index contributed by atoms with van der Waals surface area (Å²) in [5, 5.41) is 6.40. The lowest BCUT2D eigenvalue weighted by molar-refractivity contribution is 0.101. The van der Waals surface area contributed by atoms with Gasteiger partial charge in [-0.1, -0.05) is 29.8 Å². The SMILES string of the molecule is Cn1cc(C(=O)Nc2ccccc2-c2cc(F)cc(Cl)c2)c(C(F)F)n1. The molecule has 0 saturated carbocycles. The van der Waals surface area contributed by atoms with Crippen molar-refractivity contribution in [2.24, 2.45) is 7.05 Å². The Balaban J connectivity index is 1.98. The Kier molecular flexibility index (Phi) is 4.99. The zero-order chi connectivity index (χ0) is 18.8. The van der Waals surface area contributed by atoms with Crippen molar-refractivity contribution in [3.63, 3.8) is 0 Å². The van der Waals surface area contributed by atoms with E-state index in [9.17, 15) is 18.0 Å². The molecule has 1 amide bonds. The van der Waals surface area contributed by atoms with Crippen molar-refractivity contribution in [1.29, 1.82) is 0 Å². The standard InChI is InChI=1S/C18H13ClF3N3O/c1-25-9-14(16(24-25)17(21)22)18(26)23-15-5-3-2-4-13(15)10-6-11(19)8-12(20)7-10/h2-9,17H,1H3,(H,23,26). The molecular formula is C18H13ClF3N3O. The summed E-state index contributed by atoms with van der Waals surface area (Å²) in [5.74, 6) is -1.26. The fourth-order valence-corrected chi connectivity index (χ4v) is 2.81. The van der Waals surface area contributed by atoms with Gasteiger partial charge in [-0.05, 0) is 29.8 Å². The van der Waals surface area contributed by atoms with Gasteiger partial charge in [-0.3, -0.25) is 9.48 Å². The highest BCUT2D eigenvalue weighted by atomic mass is 35.5. The van der Waals surface area contributed by atoms with Crippen LogP contribution in [0.1, 0.15) is 22.5 Å². The molecule has 4 nitrogen and oxygen atoms in total. The van der Waals surface area contributed by atoms with Crippen LogP contribution >= 0.6 is 11.6 Å². The Bertz CT molecular complexity index is 952. The van der Waals surface area contributed by atoms with Crippen LogP contribution in [-0.2, 0) is 7.05 Å². The van der Waals surface area contributed by atoms with Gasteiger partial charge >= 0.3 is 0 Å². The van der Waals surface area contributed by atoms with Gasteiger partial charge in [-0.25, -0.2) is 13.2 Å². The fourth-order valence-electron chi connectivity index (χ4n) is 2.58. The van der Waals surface area contributed by atoms with Crippen molar-refractivity contribution < 1.29 is 18.0 Å². The zero-order valence-electron chi connectivity index (χ0n) is 13.5. The van der Waals surface area contributed by atoms with Gasteiger partial charge in [0.15, 0.2) is 0 Å². The first-order valence-electron chi connectivity index (χ1n) is 7.53. The number of aryl methyl sites for hydroxylation is 1. The predicted molar refractivity (Wildman–Crippen MR) is 93.0 cm³/mol. The average Bonchev–Trinajstić information content (AvgIpc) is 2.97. The summed E-state index contributed by atoms with van der Waals surface area (Å²) in [7, 11) is 1.45. The Labute approximate surface area is 152 Å². The normalized spacial score (nSPS) is 11.0. The van der Waals surface area contributed by atoms with E-state index in [1.54, 1.807) is 30.3 Å². The van der Waals surface area contributed by atoms with E-state index in [-0.39, 0.29) is 10.6 Å². The molecule has 1 N–H and O–H groups in total. The van der Waals surface area contributed by atoms with Gasteiger partial charge in [0.1, 0.15) is 11.5 Å². The number of amides is 1. The molecule has 26 heavy (non-hydrogen) atoms. The minimum atomic E-state index is -2.88. The molecule has 3 rings (SSSR count). The number of anilines is 1. The number of nitrogens with one attached hydrogen (secondary N) is 1. The van der Waals surface area contributed by atoms with Gasteiger partial charge in [0.25, 0.3) is 12.3 Å². The van der Waals surface area contributed by atoms with E-state index in [1.165, 1.54) is 19.3 Å². The van der Waals surface area contributed by atoms with E-state index in [0.29, 0.717) is 16.8 Å². The third-order valence-corrected chi connectivity index (χ3v) is 3.88. The number of halogens is 4. The Hall–Kier alpha value is -2.80. The summed E-state index contributed by atoms with van der Waals surface area (Å²) in [4.78, 5) is 12.5. The van der Waals surface area contributed by atoms with Crippen molar-refractivity contribution in [2.75, 3.05) is 5.32 Å². The molecule has 0 fully saturated rings. The van der Waals surface area contributed by atoms with Crippen LogP contribution in [0, 0.1) is 5.82 Å². The summed E-state index contributed by atoms with van der Waals surface area (Å²) >= 11 is 5.89. The second-order valence-electron chi connectivity index (χ2n) is 5.56. The highest BCUT2D eigenvalue weighted by molar-refractivity contribution is 6.30. The van der Waals surface area contributed by atoms with Crippen molar-refractivity contribution in [2.45, 2.75) is 6.43 Å². The molecule has 0 aliphatic rings. The van der Waals surface area contributed by atoms with Crippen LogP contribution in [0.2, 0.25) is 5.02 Å². The van der Waals surface area contributed by atoms with Crippen molar-refractivity contribution in [3.8, 4) is 11.1 Å². The fraction of sp³-hybridized carbons (Fsp3) is 0.111. The van der Waals surface area contributed by atoms with Crippen LogP contribution in [0.25, 0.3) is 11.1 Å². The number of nitrogens with zero attached hydrogens (tertiary/aromatic N) is 2. The molecule has 0 radical (unpaired) electrons. The largest absolute Gasteiger partial charge is 0.321 e. The van der Waals surface area contributed by atoms with Crippen LogP contribution in [0.15, 0.2) is 48.7 Å². The van der Waals surface area contributed by atoms with Crippen LogP contribution in [-0.4, -0.2) is 15.7 Å². The number of carbonyl (C=O) groups is 1. The van der Waals surface area contributed by atoms with Gasteiger partial charge in [0.2, 0.25) is 0 Å². The van der Waals surface area contributed by atoms with E-state index in [4.69, 9.17) is 11.6 Å². The summed E-state index contributed by atoms with van der Waals surface area (Å²) in [6.07, 6.45) is -1.66. The number of alkyl halides is 2. The lowest BCUT2D eigenvalue weighted by Gasteiger charge is -2.12. The Morgan fingerprint density at radius 2 is 1.96 bits per heavy atom. The molecule has 3 aromatic rings. The van der Waals surface area contributed by atoms with Gasteiger partial charge in [0, 0.05) is 29.5 Å². The lowest BCUT2D eigenvalue weighted by Crippen LogP contribution is -2.14. The topological polar surface area (TPSA) is 46.9 Å². The van der Waals surface area contributed by atoms with Crippen molar-refractivity contribution in [1.82, 2.24) is 9.78 Å². The molecule has 0 saturated heterocycles.